The minimum absolute atomic E-state index is 0.0112. The van der Waals surface area contributed by atoms with E-state index in [2.05, 4.69) is 29.2 Å². The highest BCUT2D eigenvalue weighted by atomic mass is 19.4. The molecule has 0 radical (unpaired) electrons. The van der Waals surface area contributed by atoms with Gasteiger partial charge in [0.05, 0.1) is 11.9 Å². The van der Waals surface area contributed by atoms with Gasteiger partial charge in [-0.2, -0.15) is 18.3 Å². The normalized spacial score (nSPS) is 19.1. The first-order chi connectivity index (χ1) is 11.1. The van der Waals surface area contributed by atoms with Gasteiger partial charge in [0.15, 0.2) is 5.69 Å². The molecule has 6 nitrogen and oxygen atoms in total. The largest absolute Gasteiger partial charge is 0.435 e. The number of carbonyl (C=O) groups is 1. The van der Waals surface area contributed by atoms with Gasteiger partial charge < -0.3 is 10.2 Å². The number of urea groups is 1. The maximum absolute atomic E-state index is 13.2. The number of rotatable bonds is 4. The number of likely N-dealkylation sites (tertiary alicyclic amines) is 1. The number of nitrogens with one attached hydrogen (secondary N) is 1. The van der Waals surface area contributed by atoms with E-state index < -0.39 is 17.9 Å². The summed E-state index contributed by atoms with van der Waals surface area (Å²) in [6.45, 7) is 7.41. The van der Waals surface area contributed by atoms with Gasteiger partial charge in [-0.3, -0.25) is 9.58 Å². The monoisotopic (exact) mass is 347 g/mol. The van der Waals surface area contributed by atoms with Crippen molar-refractivity contribution in [3.63, 3.8) is 0 Å². The Kier molecular flexibility index (Phi) is 5.42. The summed E-state index contributed by atoms with van der Waals surface area (Å²) in [6.07, 6.45) is -2.72. The lowest BCUT2D eigenvalue weighted by molar-refractivity contribution is -0.143. The number of amides is 2. The Balaban J connectivity index is 2.09. The smallest absolute Gasteiger partial charge is 0.323 e. The molecule has 136 valence electrons. The number of anilines is 1. The molecule has 2 rings (SSSR count). The first-order valence-electron chi connectivity index (χ1n) is 8.06. The lowest BCUT2D eigenvalue weighted by Gasteiger charge is -2.26. The summed E-state index contributed by atoms with van der Waals surface area (Å²) in [6, 6.07) is -0.180. The second kappa shape index (κ2) is 7.00. The Morgan fingerprint density at radius 1 is 1.50 bits per heavy atom. The molecule has 1 aliphatic heterocycles. The molecule has 1 aromatic rings. The summed E-state index contributed by atoms with van der Waals surface area (Å²) in [7, 11) is 1.61. The minimum Gasteiger partial charge on any atom is -0.323 e. The van der Waals surface area contributed by atoms with Gasteiger partial charge in [-0.05, 0) is 27.2 Å². The molecule has 0 aliphatic carbocycles. The van der Waals surface area contributed by atoms with Gasteiger partial charge in [0, 0.05) is 38.8 Å². The Morgan fingerprint density at radius 3 is 2.67 bits per heavy atom. The summed E-state index contributed by atoms with van der Waals surface area (Å²) < 4.78 is 40.4. The van der Waals surface area contributed by atoms with E-state index in [9.17, 15) is 18.0 Å². The number of carbonyl (C=O) groups excluding carboxylic acids is 1. The molecule has 1 unspecified atom stereocenters. The number of alkyl halides is 3. The van der Waals surface area contributed by atoms with E-state index >= 15 is 0 Å². The first kappa shape index (κ1) is 18.6. The van der Waals surface area contributed by atoms with E-state index in [1.54, 1.807) is 14.0 Å². The molecule has 0 spiro atoms. The SMILES string of the molecule is CCn1ncc(NC(=O)N(C)C2CCN(C(C)C)C2)c1C(F)(F)F. The molecule has 9 heteroatoms. The predicted octanol–water partition coefficient (Wildman–Crippen LogP) is 2.87. The van der Waals surface area contributed by atoms with Crippen LogP contribution in [0.1, 0.15) is 32.9 Å². The fraction of sp³-hybridized carbons (Fsp3) is 0.733. The van der Waals surface area contributed by atoms with E-state index in [-0.39, 0.29) is 18.3 Å². The van der Waals surface area contributed by atoms with Crippen LogP contribution in [-0.4, -0.2) is 57.8 Å². The van der Waals surface area contributed by atoms with Crippen LogP contribution in [0.25, 0.3) is 0 Å². The summed E-state index contributed by atoms with van der Waals surface area (Å²) in [4.78, 5) is 16.1. The zero-order valence-electron chi connectivity index (χ0n) is 14.4. The Bertz CT molecular complexity index is 584. The van der Waals surface area contributed by atoms with E-state index in [4.69, 9.17) is 0 Å². The molecule has 2 amide bonds. The summed E-state index contributed by atoms with van der Waals surface area (Å²) >= 11 is 0. The van der Waals surface area contributed by atoms with Crippen molar-refractivity contribution in [3.05, 3.63) is 11.9 Å². The van der Waals surface area contributed by atoms with Crippen LogP contribution in [0, 0.1) is 0 Å². The number of halogens is 3. The van der Waals surface area contributed by atoms with Crippen LogP contribution >= 0.6 is 0 Å². The van der Waals surface area contributed by atoms with Gasteiger partial charge in [-0.15, -0.1) is 0 Å². The molecular weight excluding hydrogens is 323 g/mol. The fourth-order valence-corrected chi connectivity index (χ4v) is 2.94. The van der Waals surface area contributed by atoms with Crippen LogP contribution in [0.4, 0.5) is 23.7 Å². The van der Waals surface area contributed by atoms with E-state index in [1.165, 1.54) is 4.90 Å². The molecular formula is C15H24F3N5O. The van der Waals surface area contributed by atoms with Crippen LogP contribution in [-0.2, 0) is 12.7 Å². The van der Waals surface area contributed by atoms with E-state index in [0.717, 1.165) is 30.4 Å². The standard InChI is InChI=1S/C15H24F3N5O/c1-5-23-13(15(16,17)18)12(8-19-23)20-14(24)21(4)11-6-7-22(9-11)10(2)3/h8,10-11H,5-7,9H2,1-4H3,(H,20,24). The van der Waals surface area contributed by atoms with Crippen molar-refractivity contribution < 1.29 is 18.0 Å². The van der Waals surface area contributed by atoms with Crippen molar-refractivity contribution in [2.45, 2.75) is 52.0 Å². The molecule has 2 heterocycles. The predicted molar refractivity (Wildman–Crippen MR) is 84.8 cm³/mol. The second-order valence-corrected chi connectivity index (χ2v) is 6.29. The lowest BCUT2D eigenvalue weighted by atomic mass is 10.2. The average Bonchev–Trinajstić information content (AvgIpc) is 3.12. The van der Waals surface area contributed by atoms with Crippen molar-refractivity contribution >= 4 is 11.7 Å². The van der Waals surface area contributed by atoms with Crippen molar-refractivity contribution in [2.24, 2.45) is 0 Å². The van der Waals surface area contributed by atoms with E-state index in [1.807, 2.05) is 0 Å². The quantitative estimate of drug-likeness (QED) is 0.911. The highest BCUT2D eigenvalue weighted by molar-refractivity contribution is 5.90. The lowest BCUT2D eigenvalue weighted by Crippen LogP contribution is -2.42. The Morgan fingerprint density at radius 2 is 2.17 bits per heavy atom. The molecule has 1 fully saturated rings. The number of hydrogen-bond donors (Lipinski definition) is 1. The molecule has 0 aromatic carbocycles. The van der Waals surface area contributed by atoms with Crippen LogP contribution in [0.2, 0.25) is 0 Å². The van der Waals surface area contributed by atoms with Crippen molar-refractivity contribution in [1.29, 1.82) is 0 Å². The number of aryl methyl sites for hydroxylation is 1. The molecule has 1 atom stereocenters. The van der Waals surface area contributed by atoms with Crippen LogP contribution in [0.5, 0.6) is 0 Å². The van der Waals surface area contributed by atoms with Crippen molar-refractivity contribution in [3.8, 4) is 0 Å². The molecule has 1 aliphatic rings. The van der Waals surface area contributed by atoms with Gasteiger partial charge in [-0.1, -0.05) is 0 Å². The molecule has 0 saturated carbocycles. The third-order valence-electron chi connectivity index (χ3n) is 4.44. The minimum atomic E-state index is -4.57. The average molecular weight is 347 g/mol. The zero-order chi connectivity index (χ0) is 18.1. The van der Waals surface area contributed by atoms with Gasteiger partial charge in [0.1, 0.15) is 0 Å². The zero-order valence-corrected chi connectivity index (χ0v) is 14.4. The maximum Gasteiger partial charge on any atom is 0.435 e. The third kappa shape index (κ3) is 3.82. The number of hydrogen-bond acceptors (Lipinski definition) is 3. The molecule has 1 saturated heterocycles. The third-order valence-corrected chi connectivity index (χ3v) is 4.44. The van der Waals surface area contributed by atoms with Gasteiger partial charge in [0.25, 0.3) is 0 Å². The second-order valence-electron chi connectivity index (χ2n) is 6.29. The summed E-state index contributed by atoms with van der Waals surface area (Å²) in [5.74, 6) is 0. The first-order valence-corrected chi connectivity index (χ1v) is 8.06. The van der Waals surface area contributed by atoms with Crippen LogP contribution in [0.15, 0.2) is 6.20 Å². The van der Waals surface area contributed by atoms with Crippen LogP contribution in [0.3, 0.4) is 0 Å². The Labute approximate surface area is 139 Å². The highest BCUT2D eigenvalue weighted by Crippen LogP contribution is 2.35. The molecule has 0 bridgehead atoms. The van der Waals surface area contributed by atoms with Crippen molar-refractivity contribution in [1.82, 2.24) is 19.6 Å². The summed E-state index contributed by atoms with van der Waals surface area (Å²) in [5.41, 5.74) is -1.23. The van der Waals surface area contributed by atoms with E-state index in [0.29, 0.717) is 6.04 Å². The van der Waals surface area contributed by atoms with Crippen LogP contribution < -0.4 is 5.32 Å². The van der Waals surface area contributed by atoms with Gasteiger partial charge in [0.2, 0.25) is 0 Å². The van der Waals surface area contributed by atoms with Crippen molar-refractivity contribution in [2.75, 3.05) is 25.5 Å². The molecule has 1 N–H and O–H groups in total. The number of aromatic nitrogens is 2. The molecule has 24 heavy (non-hydrogen) atoms. The maximum atomic E-state index is 13.2. The van der Waals surface area contributed by atoms with Gasteiger partial charge >= 0.3 is 12.2 Å². The number of nitrogens with zero attached hydrogens (tertiary/aromatic N) is 4. The topological polar surface area (TPSA) is 53.4 Å². The highest BCUT2D eigenvalue weighted by Gasteiger charge is 2.39. The Hall–Kier alpha value is -1.77. The van der Waals surface area contributed by atoms with Gasteiger partial charge in [-0.25, -0.2) is 4.79 Å². The summed E-state index contributed by atoms with van der Waals surface area (Å²) in [5, 5.41) is 6.06. The fourth-order valence-electron chi connectivity index (χ4n) is 2.94. The number of likely N-dealkylation sites (N-methyl/N-ethyl adjacent to an activating group) is 1. The molecule has 1 aromatic heterocycles.